The lowest BCUT2D eigenvalue weighted by molar-refractivity contribution is -0.141. The van der Waals surface area contributed by atoms with Gasteiger partial charge in [-0.15, -0.1) is 0 Å². The Balaban J connectivity index is 1.78. The van der Waals surface area contributed by atoms with E-state index in [1.54, 1.807) is 26.8 Å². The van der Waals surface area contributed by atoms with Gasteiger partial charge in [-0.1, -0.05) is 32.0 Å². The second kappa shape index (κ2) is 11.8. The van der Waals surface area contributed by atoms with Crippen LogP contribution in [0.25, 0.3) is 10.9 Å². The van der Waals surface area contributed by atoms with Gasteiger partial charge in [-0.2, -0.15) is 0 Å². The summed E-state index contributed by atoms with van der Waals surface area (Å²) in [5.41, 5.74) is 0.639. The van der Waals surface area contributed by atoms with E-state index in [0.717, 1.165) is 17.3 Å². The monoisotopic (exact) mass is 509 g/mol. The number of fused-ring (bicyclic) bond motifs is 1. The molecule has 0 spiro atoms. The maximum Gasteiger partial charge on any atom is 0.290 e. The van der Waals surface area contributed by atoms with Crippen molar-refractivity contribution in [3.05, 3.63) is 36.0 Å². The number of ketones is 3. The molecule has 8 heteroatoms. The number of para-hydroxylation sites is 1. The SMILES string of the molecule is CC(C)C[C@H](CC(=O)c1cc2ccccc2[nH]1)C(=O)N[C@@H](C[C@@H]1CCCC1=O)C(=O)C(=O)NC(C)(C)C. The van der Waals surface area contributed by atoms with E-state index in [2.05, 4.69) is 15.6 Å². The van der Waals surface area contributed by atoms with Crippen LogP contribution in [-0.2, 0) is 19.2 Å². The molecule has 0 aliphatic heterocycles. The molecule has 0 bridgehead atoms. The van der Waals surface area contributed by atoms with Crippen LogP contribution in [0.15, 0.2) is 30.3 Å². The highest BCUT2D eigenvalue weighted by Gasteiger charge is 2.36. The minimum atomic E-state index is -1.13. The summed E-state index contributed by atoms with van der Waals surface area (Å²) in [5.74, 6) is -3.09. The summed E-state index contributed by atoms with van der Waals surface area (Å²) in [5, 5.41) is 6.32. The largest absolute Gasteiger partial charge is 0.352 e. The molecule has 1 aromatic heterocycles. The first-order valence-electron chi connectivity index (χ1n) is 13.1. The van der Waals surface area contributed by atoms with Crippen molar-refractivity contribution in [1.29, 1.82) is 0 Å². The van der Waals surface area contributed by atoms with Crippen LogP contribution < -0.4 is 10.6 Å². The highest BCUT2D eigenvalue weighted by atomic mass is 16.2. The van der Waals surface area contributed by atoms with Crippen molar-refractivity contribution in [2.24, 2.45) is 17.8 Å². The molecule has 3 atom stereocenters. The Kier molecular flexibility index (Phi) is 9.05. The van der Waals surface area contributed by atoms with Crippen molar-refractivity contribution in [2.75, 3.05) is 0 Å². The number of rotatable bonds is 11. The van der Waals surface area contributed by atoms with Gasteiger partial charge < -0.3 is 15.6 Å². The molecule has 37 heavy (non-hydrogen) atoms. The number of Topliss-reactive ketones (excluding diaryl/α,β-unsaturated/α-hetero) is 3. The summed E-state index contributed by atoms with van der Waals surface area (Å²) in [6, 6.07) is 8.21. The van der Waals surface area contributed by atoms with Crippen LogP contribution >= 0.6 is 0 Å². The van der Waals surface area contributed by atoms with Crippen molar-refractivity contribution >= 4 is 40.1 Å². The molecule has 200 valence electrons. The summed E-state index contributed by atoms with van der Waals surface area (Å²) in [7, 11) is 0. The van der Waals surface area contributed by atoms with Gasteiger partial charge in [0, 0.05) is 41.1 Å². The number of amides is 2. The minimum Gasteiger partial charge on any atom is -0.352 e. The van der Waals surface area contributed by atoms with Gasteiger partial charge in [-0.05, 0) is 64.5 Å². The molecule has 2 aromatic rings. The summed E-state index contributed by atoms with van der Waals surface area (Å²) >= 11 is 0. The van der Waals surface area contributed by atoms with Gasteiger partial charge in [-0.3, -0.25) is 24.0 Å². The third-order valence-electron chi connectivity index (χ3n) is 6.69. The maximum absolute atomic E-state index is 13.5. The van der Waals surface area contributed by atoms with Gasteiger partial charge in [0.1, 0.15) is 5.78 Å². The van der Waals surface area contributed by atoms with Crippen LogP contribution in [0, 0.1) is 17.8 Å². The lowest BCUT2D eigenvalue weighted by Gasteiger charge is -2.26. The predicted molar refractivity (Wildman–Crippen MR) is 142 cm³/mol. The van der Waals surface area contributed by atoms with Crippen molar-refractivity contribution in [3.63, 3.8) is 0 Å². The number of aromatic amines is 1. The molecule has 1 fully saturated rings. The first kappa shape index (κ1) is 28.3. The Hall–Kier alpha value is -3.29. The fourth-order valence-corrected chi connectivity index (χ4v) is 4.91. The zero-order valence-corrected chi connectivity index (χ0v) is 22.5. The number of hydrogen-bond acceptors (Lipinski definition) is 5. The van der Waals surface area contributed by atoms with Crippen LogP contribution in [-0.4, -0.2) is 45.7 Å². The molecule has 0 radical (unpaired) electrons. The summed E-state index contributed by atoms with van der Waals surface area (Å²) < 4.78 is 0. The van der Waals surface area contributed by atoms with Crippen LogP contribution in [0.1, 0.15) is 83.6 Å². The lowest BCUT2D eigenvalue weighted by Crippen LogP contribution is -2.53. The fraction of sp³-hybridized carbons (Fsp3) is 0.552. The minimum absolute atomic E-state index is 0.0334. The van der Waals surface area contributed by atoms with E-state index >= 15 is 0 Å². The third-order valence-corrected chi connectivity index (χ3v) is 6.69. The third kappa shape index (κ3) is 7.84. The van der Waals surface area contributed by atoms with E-state index in [1.807, 2.05) is 38.1 Å². The molecule has 3 N–H and O–H groups in total. The van der Waals surface area contributed by atoms with Crippen molar-refractivity contribution in [1.82, 2.24) is 15.6 Å². The number of benzene rings is 1. The van der Waals surface area contributed by atoms with E-state index in [1.165, 1.54) is 0 Å². The molecule has 0 unspecified atom stereocenters. The van der Waals surface area contributed by atoms with E-state index in [9.17, 15) is 24.0 Å². The van der Waals surface area contributed by atoms with Crippen molar-refractivity contribution in [2.45, 2.75) is 84.7 Å². The average molecular weight is 510 g/mol. The summed E-state index contributed by atoms with van der Waals surface area (Å²) in [6.45, 7) is 9.22. The molecule has 1 aliphatic rings. The van der Waals surface area contributed by atoms with Gasteiger partial charge in [0.15, 0.2) is 5.78 Å². The molecular weight excluding hydrogens is 470 g/mol. The highest BCUT2D eigenvalue weighted by molar-refractivity contribution is 6.38. The summed E-state index contributed by atoms with van der Waals surface area (Å²) in [6.07, 6.45) is 2.31. The van der Waals surface area contributed by atoms with Crippen LogP contribution in [0.3, 0.4) is 0 Å². The molecule has 2 amide bonds. The van der Waals surface area contributed by atoms with Crippen molar-refractivity contribution < 1.29 is 24.0 Å². The standard InChI is InChI=1S/C29H39N3O5/c1-17(2)13-20(16-25(34)22-14-18-9-6-7-11-21(18)30-22)27(36)31-23(15-19-10-8-12-24(19)33)26(35)28(37)32-29(3,4)5/h6-7,9,11,14,17,19-20,23,30H,8,10,12-13,15-16H2,1-5H3,(H,31,36)(H,32,37)/t19-,20+,23-/m0/s1. The smallest absolute Gasteiger partial charge is 0.290 e. The number of carbonyl (C=O) groups is 5. The van der Waals surface area contributed by atoms with Gasteiger partial charge >= 0.3 is 0 Å². The molecule has 1 heterocycles. The van der Waals surface area contributed by atoms with Crippen LogP contribution in [0.2, 0.25) is 0 Å². The Labute approximate surface area is 218 Å². The van der Waals surface area contributed by atoms with E-state index in [-0.39, 0.29) is 36.2 Å². The topological polar surface area (TPSA) is 125 Å². The number of carbonyl (C=O) groups excluding carboxylic acids is 5. The molecule has 3 rings (SSSR count). The zero-order chi connectivity index (χ0) is 27.3. The first-order chi connectivity index (χ1) is 17.3. The number of aromatic nitrogens is 1. The molecule has 8 nitrogen and oxygen atoms in total. The Morgan fingerprint density at radius 1 is 1.11 bits per heavy atom. The second-order valence-corrected chi connectivity index (χ2v) is 11.6. The van der Waals surface area contributed by atoms with Gasteiger partial charge in [0.25, 0.3) is 5.91 Å². The second-order valence-electron chi connectivity index (χ2n) is 11.6. The predicted octanol–water partition coefficient (Wildman–Crippen LogP) is 4.13. The van der Waals surface area contributed by atoms with Gasteiger partial charge in [0.2, 0.25) is 11.7 Å². The number of hydrogen-bond donors (Lipinski definition) is 3. The van der Waals surface area contributed by atoms with Gasteiger partial charge in [0.05, 0.1) is 11.7 Å². The average Bonchev–Trinajstić information content (AvgIpc) is 3.42. The number of H-pyrrole nitrogens is 1. The molecular formula is C29H39N3O5. The molecule has 0 saturated heterocycles. The van der Waals surface area contributed by atoms with Gasteiger partial charge in [-0.25, -0.2) is 0 Å². The number of nitrogens with one attached hydrogen (secondary N) is 3. The Morgan fingerprint density at radius 3 is 2.41 bits per heavy atom. The zero-order valence-electron chi connectivity index (χ0n) is 22.5. The molecule has 1 aliphatic carbocycles. The highest BCUT2D eigenvalue weighted by Crippen LogP contribution is 2.27. The van der Waals surface area contributed by atoms with E-state index in [0.29, 0.717) is 25.0 Å². The first-order valence-corrected chi connectivity index (χ1v) is 13.1. The Morgan fingerprint density at radius 2 is 1.81 bits per heavy atom. The normalized spacial score (nSPS) is 17.6. The summed E-state index contributed by atoms with van der Waals surface area (Å²) in [4.78, 5) is 67.8. The molecule has 1 saturated carbocycles. The quantitative estimate of drug-likeness (QED) is 0.310. The van der Waals surface area contributed by atoms with Crippen LogP contribution in [0.5, 0.6) is 0 Å². The van der Waals surface area contributed by atoms with Crippen LogP contribution in [0.4, 0.5) is 0 Å². The maximum atomic E-state index is 13.5. The Bertz CT molecular complexity index is 1140. The fourth-order valence-electron chi connectivity index (χ4n) is 4.91. The van der Waals surface area contributed by atoms with E-state index < -0.39 is 35.1 Å². The van der Waals surface area contributed by atoms with E-state index in [4.69, 9.17) is 0 Å². The molecule has 1 aromatic carbocycles. The van der Waals surface area contributed by atoms with Crippen molar-refractivity contribution in [3.8, 4) is 0 Å². The lowest BCUT2D eigenvalue weighted by atomic mass is 9.89.